The zero-order chi connectivity index (χ0) is 23.2. The molecule has 1 fully saturated rings. The highest BCUT2D eigenvalue weighted by Crippen LogP contribution is 2.23. The van der Waals surface area contributed by atoms with Crippen molar-refractivity contribution in [2.24, 2.45) is 0 Å². The standard InChI is InChI=1S/C25H29N5O3/c1-18(31)28-24(32)16-29(14-20-8-4-7-19-6-2-3-10-23(19)20)15-22-9-5-11-30(22)25(33)12-21-13-26-17-27-21/h2-4,6-8,10,13,17,22H,5,9,11-12,14-16H2,1H3,(H,26,27)(H,28,31,32)/t22-/m0/s1. The number of carbonyl (C=O) groups excluding carboxylic acids is 3. The fourth-order valence-electron chi connectivity index (χ4n) is 4.59. The van der Waals surface area contributed by atoms with Gasteiger partial charge in [0.1, 0.15) is 0 Å². The fourth-order valence-corrected chi connectivity index (χ4v) is 4.59. The molecule has 1 atom stereocenters. The largest absolute Gasteiger partial charge is 0.348 e. The van der Waals surface area contributed by atoms with Crippen LogP contribution in [0.3, 0.4) is 0 Å². The maximum absolute atomic E-state index is 12.9. The first-order valence-corrected chi connectivity index (χ1v) is 11.3. The zero-order valence-corrected chi connectivity index (χ0v) is 18.8. The monoisotopic (exact) mass is 447 g/mol. The molecule has 0 aliphatic carbocycles. The fraction of sp³-hybridized carbons (Fsp3) is 0.360. The third kappa shape index (κ3) is 5.84. The van der Waals surface area contributed by atoms with E-state index in [9.17, 15) is 14.4 Å². The number of nitrogens with one attached hydrogen (secondary N) is 2. The molecule has 33 heavy (non-hydrogen) atoms. The quantitative estimate of drug-likeness (QED) is 0.552. The number of rotatable bonds is 8. The molecule has 2 heterocycles. The van der Waals surface area contributed by atoms with Crippen LogP contribution in [0.5, 0.6) is 0 Å². The van der Waals surface area contributed by atoms with Gasteiger partial charge >= 0.3 is 0 Å². The highest BCUT2D eigenvalue weighted by atomic mass is 16.2. The van der Waals surface area contributed by atoms with E-state index < -0.39 is 0 Å². The maximum atomic E-state index is 12.9. The average Bonchev–Trinajstić information content (AvgIpc) is 3.45. The van der Waals surface area contributed by atoms with E-state index >= 15 is 0 Å². The summed E-state index contributed by atoms with van der Waals surface area (Å²) < 4.78 is 0. The normalized spacial score (nSPS) is 15.8. The van der Waals surface area contributed by atoms with Crippen LogP contribution < -0.4 is 5.32 Å². The van der Waals surface area contributed by atoms with Crippen LogP contribution in [0.1, 0.15) is 31.0 Å². The van der Waals surface area contributed by atoms with E-state index in [1.807, 2.05) is 28.0 Å². The van der Waals surface area contributed by atoms with E-state index in [1.165, 1.54) is 6.92 Å². The van der Waals surface area contributed by atoms with Crippen molar-refractivity contribution in [1.82, 2.24) is 25.1 Å². The van der Waals surface area contributed by atoms with Crippen LogP contribution in [0.25, 0.3) is 10.8 Å². The minimum Gasteiger partial charge on any atom is -0.348 e. The van der Waals surface area contributed by atoms with E-state index in [2.05, 4.69) is 39.6 Å². The Bertz CT molecular complexity index is 1120. The molecule has 8 nitrogen and oxygen atoms in total. The molecule has 1 aromatic heterocycles. The Kier molecular flexibility index (Phi) is 7.14. The summed E-state index contributed by atoms with van der Waals surface area (Å²) in [6, 6.07) is 14.3. The number of aromatic amines is 1. The van der Waals surface area contributed by atoms with Crippen molar-refractivity contribution in [3.05, 3.63) is 66.2 Å². The number of imidazole rings is 1. The number of amides is 3. The first-order chi connectivity index (χ1) is 16.0. The van der Waals surface area contributed by atoms with Crippen molar-refractivity contribution in [1.29, 1.82) is 0 Å². The third-order valence-electron chi connectivity index (χ3n) is 6.02. The van der Waals surface area contributed by atoms with Crippen LogP contribution >= 0.6 is 0 Å². The smallest absolute Gasteiger partial charge is 0.240 e. The maximum Gasteiger partial charge on any atom is 0.240 e. The Morgan fingerprint density at radius 3 is 2.79 bits per heavy atom. The van der Waals surface area contributed by atoms with Crippen LogP contribution in [0.15, 0.2) is 55.0 Å². The lowest BCUT2D eigenvalue weighted by Gasteiger charge is -2.31. The number of carbonyl (C=O) groups is 3. The molecular weight excluding hydrogens is 418 g/mol. The lowest BCUT2D eigenvalue weighted by Crippen LogP contribution is -2.46. The molecule has 3 aromatic rings. The number of benzene rings is 2. The summed E-state index contributed by atoms with van der Waals surface area (Å²) >= 11 is 0. The van der Waals surface area contributed by atoms with Crippen molar-refractivity contribution < 1.29 is 14.4 Å². The number of fused-ring (bicyclic) bond motifs is 1. The van der Waals surface area contributed by atoms with E-state index in [0.29, 0.717) is 19.6 Å². The Hall–Kier alpha value is -3.52. The number of aromatic nitrogens is 2. The predicted molar refractivity (Wildman–Crippen MR) is 125 cm³/mol. The molecule has 1 aliphatic heterocycles. The minimum absolute atomic E-state index is 0.0144. The summed E-state index contributed by atoms with van der Waals surface area (Å²) in [7, 11) is 0. The summed E-state index contributed by atoms with van der Waals surface area (Å²) in [5.74, 6) is -0.654. The van der Waals surface area contributed by atoms with E-state index in [1.54, 1.807) is 12.5 Å². The first-order valence-electron chi connectivity index (χ1n) is 11.3. The van der Waals surface area contributed by atoms with Crippen LogP contribution in [-0.4, -0.2) is 63.2 Å². The number of imide groups is 1. The lowest BCUT2D eigenvalue weighted by molar-refractivity contribution is -0.131. The van der Waals surface area contributed by atoms with Gasteiger partial charge in [0.15, 0.2) is 0 Å². The van der Waals surface area contributed by atoms with Crippen LogP contribution in [-0.2, 0) is 27.3 Å². The second kappa shape index (κ2) is 10.4. The zero-order valence-electron chi connectivity index (χ0n) is 18.8. The molecule has 2 N–H and O–H groups in total. The molecule has 0 unspecified atom stereocenters. The summed E-state index contributed by atoms with van der Waals surface area (Å²) in [6.45, 7) is 3.23. The molecule has 1 saturated heterocycles. The highest BCUT2D eigenvalue weighted by Gasteiger charge is 2.31. The lowest BCUT2D eigenvalue weighted by atomic mass is 10.0. The molecule has 1 aliphatic rings. The van der Waals surface area contributed by atoms with E-state index in [-0.39, 0.29) is 36.7 Å². The van der Waals surface area contributed by atoms with Crippen LogP contribution in [0, 0.1) is 0 Å². The number of hydrogen-bond donors (Lipinski definition) is 2. The van der Waals surface area contributed by atoms with Gasteiger partial charge in [0.25, 0.3) is 0 Å². The van der Waals surface area contributed by atoms with Gasteiger partial charge in [-0.15, -0.1) is 0 Å². The predicted octanol–water partition coefficient (Wildman–Crippen LogP) is 2.26. The molecular formula is C25H29N5O3. The van der Waals surface area contributed by atoms with Crippen molar-refractivity contribution in [3.63, 3.8) is 0 Å². The Morgan fingerprint density at radius 2 is 2.00 bits per heavy atom. The summed E-state index contributed by atoms with van der Waals surface area (Å²) in [5.41, 5.74) is 1.90. The van der Waals surface area contributed by atoms with Crippen LogP contribution in [0.2, 0.25) is 0 Å². The molecule has 8 heteroatoms. The topological polar surface area (TPSA) is 98.4 Å². The summed E-state index contributed by atoms with van der Waals surface area (Å²) in [6.07, 6.45) is 5.34. The van der Waals surface area contributed by atoms with Crippen molar-refractivity contribution in [2.45, 2.75) is 38.8 Å². The Labute approximate surface area is 193 Å². The highest BCUT2D eigenvalue weighted by molar-refractivity contribution is 5.95. The second-order valence-corrected chi connectivity index (χ2v) is 8.55. The first kappa shape index (κ1) is 22.7. The Balaban J connectivity index is 1.51. The van der Waals surface area contributed by atoms with E-state index in [0.717, 1.165) is 34.9 Å². The van der Waals surface area contributed by atoms with Gasteiger partial charge in [-0.25, -0.2) is 4.98 Å². The van der Waals surface area contributed by atoms with Gasteiger partial charge in [-0.2, -0.15) is 0 Å². The molecule has 2 aromatic carbocycles. The van der Waals surface area contributed by atoms with Gasteiger partial charge in [-0.3, -0.25) is 24.6 Å². The van der Waals surface area contributed by atoms with Gasteiger partial charge in [-0.05, 0) is 29.2 Å². The molecule has 0 saturated carbocycles. The number of hydrogen-bond acceptors (Lipinski definition) is 5. The summed E-state index contributed by atoms with van der Waals surface area (Å²) in [4.78, 5) is 47.7. The van der Waals surface area contributed by atoms with Gasteiger partial charge in [-0.1, -0.05) is 42.5 Å². The molecule has 0 spiro atoms. The Morgan fingerprint density at radius 1 is 1.18 bits per heavy atom. The number of likely N-dealkylation sites (tertiary alicyclic amines) is 1. The van der Waals surface area contributed by atoms with Crippen molar-refractivity contribution >= 4 is 28.5 Å². The second-order valence-electron chi connectivity index (χ2n) is 8.55. The van der Waals surface area contributed by atoms with Crippen molar-refractivity contribution in [2.75, 3.05) is 19.6 Å². The van der Waals surface area contributed by atoms with Gasteiger partial charge in [0, 0.05) is 44.5 Å². The number of H-pyrrole nitrogens is 1. The summed E-state index contributed by atoms with van der Waals surface area (Å²) in [5, 5.41) is 4.65. The van der Waals surface area contributed by atoms with Crippen molar-refractivity contribution in [3.8, 4) is 0 Å². The molecule has 3 amide bonds. The van der Waals surface area contributed by atoms with Gasteiger partial charge in [0.2, 0.25) is 17.7 Å². The molecule has 0 radical (unpaired) electrons. The molecule has 0 bridgehead atoms. The van der Waals surface area contributed by atoms with E-state index in [4.69, 9.17) is 0 Å². The number of nitrogens with zero attached hydrogens (tertiary/aromatic N) is 3. The van der Waals surface area contributed by atoms with Gasteiger partial charge in [0.05, 0.1) is 19.3 Å². The minimum atomic E-state index is -0.373. The van der Waals surface area contributed by atoms with Crippen LogP contribution in [0.4, 0.5) is 0 Å². The molecule has 4 rings (SSSR count). The third-order valence-corrected chi connectivity index (χ3v) is 6.02. The van der Waals surface area contributed by atoms with Gasteiger partial charge < -0.3 is 9.88 Å². The SMILES string of the molecule is CC(=O)NC(=O)CN(Cc1cccc2ccccc12)C[C@@H]1CCCN1C(=O)Cc1cnc[nH]1. The average molecular weight is 448 g/mol. The molecule has 172 valence electrons.